The minimum Gasteiger partial charge on any atom is -0.355 e. The van der Waals surface area contributed by atoms with Gasteiger partial charge in [-0.2, -0.15) is 0 Å². The summed E-state index contributed by atoms with van der Waals surface area (Å²) in [5.74, 6) is 0.0897. The number of rotatable bonds is 1. The van der Waals surface area contributed by atoms with Crippen molar-refractivity contribution in [3.05, 3.63) is 0 Å². The second-order valence-electron chi connectivity index (χ2n) is 5.33. The van der Waals surface area contributed by atoms with Crippen molar-refractivity contribution in [3.8, 4) is 0 Å². The van der Waals surface area contributed by atoms with E-state index in [1.54, 1.807) is 0 Å². The van der Waals surface area contributed by atoms with Gasteiger partial charge in [0.1, 0.15) is 0 Å². The summed E-state index contributed by atoms with van der Waals surface area (Å²) in [6, 6.07) is 0.754. The number of nitrogens with zero attached hydrogens (tertiary/aromatic N) is 1. The molecule has 6 heteroatoms. The van der Waals surface area contributed by atoms with Gasteiger partial charge in [-0.3, -0.25) is 9.59 Å². The van der Waals surface area contributed by atoms with E-state index in [1.165, 1.54) is 0 Å². The molecule has 0 aromatic heterocycles. The second-order valence-corrected chi connectivity index (χ2v) is 5.33. The third-order valence-electron chi connectivity index (χ3n) is 4.24. The van der Waals surface area contributed by atoms with Crippen LogP contribution in [-0.2, 0) is 9.59 Å². The normalized spacial score (nSPS) is 34.8. The molecule has 3 saturated heterocycles. The zero-order chi connectivity index (χ0) is 11.8. The van der Waals surface area contributed by atoms with Crippen LogP contribution in [0, 0.1) is 5.92 Å². The van der Waals surface area contributed by atoms with Gasteiger partial charge < -0.3 is 15.5 Å². The molecule has 0 aromatic carbocycles. The van der Waals surface area contributed by atoms with Crippen LogP contribution in [0.3, 0.4) is 0 Å². The zero-order valence-corrected chi connectivity index (χ0v) is 11.2. The van der Waals surface area contributed by atoms with Crippen LogP contribution in [0.25, 0.3) is 0 Å². The summed E-state index contributed by atoms with van der Waals surface area (Å²) in [6.45, 7) is 2.45. The maximum Gasteiger partial charge on any atom is 0.228 e. The van der Waals surface area contributed by atoms with Crippen molar-refractivity contribution in [1.29, 1.82) is 0 Å². The first-order chi connectivity index (χ1) is 8.25. The Morgan fingerprint density at radius 3 is 2.67 bits per heavy atom. The second kappa shape index (κ2) is 5.45. The first kappa shape index (κ1) is 13.6. The molecule has 0 spiro atoms. The molecule has 5 nitrogen and oxygen atoms in total. The maximum atomic E-state index is 12.5. The van der Waals surface area contributed by atoms with Crippen LogP contribution < -0.4 is 10.6 Å². The lowest BCUT2D eigenvalue weighted by Crippen LogP contribution is -2.45. The average Bonchev–Trinajstić information content (AvgIpc) is 2.81. The molecule has 3 aliphatic heterocycles. The van der Waals surface area contributed by atoms with Crippen LogP contribution in [0.2, 0.25) is 0 Å². The predicted octanol–water partition coefficient (Wildman–Crippen LogP) is -0.103. The minimum atomic E-state index is -0.122. The molecule has 0 radical (unpaired) electrons. The largest absolute Gasteiger partial charge is 0.355 e. The van der Waals surface area contributed by atoms with Gasteiger partial charge in [-0.25, -0.2) is 0 Å². The first-order valence-corrected chi connectivity index (χ1v) is 6.55. The summed E-state index contributed by atoms with van der Waals surface area (Å²) in [5, 5.41) is 6.14. The fourth-order valence-corrected chi connectivity index (χ4v) is 3.33. The third-order valence-corrected chi connectivity index (χ3v) is 4.24. The van der Waals surface area contributed by atoms with Gasteiger partial charge in [-0.05, 0) is 25.8 Å². The Morgan fingerprint density at radius 1 is 1.17 bits per heavy atom. The zero-order valence-electron chi connectivity index (χ0n) is 10.4. The molecule has 18 heavy (non-hydrogen) atoms. The molecule has 3 fully saturated rings. The van der Waals surface area contributed by atoms with E-state index in [0.717, 1.165) is 32.4 Å². The van der Waals surface area contributed by atoms with Crippen LogP contribution in [0.5, 0.6) is 0 Å². The van der Waals surface area contributed by atoms with Crippen molar-refractivity contribution in [3.63, 3.8) is 0 Å². The highest BCUT2D eigenvalue weighted by molar-refractivity contribution is 5.89. The average molecular weight is 274 g/mol. The number of fused-ring (bicyclic) bond motifs is 2. The Labute approximate surface area is 113 Å². The molecule has 0 saturated carbocycles. The highest BCUT2D eigenvalue weighted by atomic mass is 35.5. The van der Waals surface area contributed by atoms with Crippen molar-refractivity contribution in [2.75, 3.05) is 19.6 Å². The lowest BCUT2D eigenvalue weighted by molar-refractivity contribution is -0.138. The summed E-state index contributed by atoms with van der Waals surface area (Å²) in [7, 11) is 0. The molecular weight excluding hydrogens is 254 g/mol. The van der Waals surface area contributed by atoms with E-state index >= 15 is 0 Å². The van der Waals surface area contributed by atoms with Crippen molar-refractivity contribution >= 4 is 24.2 Å². The number of halogens is 1. The predicted molar refractivity (Wildman–Crippen MR) is 69.5 cm³/mol. The lowest BCUT2D eigenvalue weighted by atomic mass is 10.1. The van der Waals surface area contributed by atoms with Crippen LogP contribution >= 0.6 is 12.4 Å². The Balaban J connectivity index is 0.00000120. The Kier molecular flexibility index (Phi) is 4.12. The standard InChI is InChI=1S/C12H19N3O2.ClH/c16-11-5-8(6-14-11)12(17)15-9-1-2-10(15)7-13-4-3-9;/h8-10,13H,1-7H2,(H,14,16);1H. The molecule has 3 heterocycles. The molecule has 102 valence electrons. The summed E-state index contributed by atoms with van der Waals surface area (Å²) in [6.07, 6.45) is 3.67. The Bertz CT molecular complexity index is 336. The third kappa shape index (κ3) is 2.34. The molecule has 0 aromatic rings. The smallest absolute Gasteiger partial charge is 0.228 e. The topological polar surface area (TPSA) is 61.4 Å². The van der Waals surface area contributed by atoms with Gasteiger partial charge >= 0.3 is 0 Å². The van der Waals surface area contributed by atoms with Crippen molar-refractivity contribution in [2.24, 2.45) is 5.92 Å². The van der Waals surface area contributed by atoms with Gasteiger partial charge in [0.05, 0.1) is 5.92 Å². The van der Waals surface area contributed by atoms with E-state index in [0.29, 0.717) is 25.0 Å². The number of hydrogen-bond donors (Lipinski definition) is 2. The quantitative estimate of drug-likeness (QED) is 0.701. The van der Waals surface area contributed by atoms with E-state index in [2.05, 4.69) is 15.5 Å². The lowest BCUT2D eigenvalue weighted by Gasteiger charge is -2.30. The minimum absolute atomic E-state index is 0. The van der Waals surface area contributed by atoms with Crippen LogP contribution in [0.1, 0.15) is 25.7 Å². The van der Waals surface area contributed by atoms with E-state index in [4.69, 9.17) is 0 Å². The highest BCUT2D eigenvalue weighted by Gasteiger charge is 2.42. The van der Waals surface area contributed by atoms with E-state index < -0.39 is 0 Å². The number of carbonyl (C=O) groups is 2. The van der Waals surface area contributed by atoms with Gasteiger partial charge in [0.15, 0.2) is 0 Å². The van der Waals surface area contributed by atoms with Crippen molar-refractivity contribution in [2.45, 2.75) is 37.8 Å². The molecular formula is C12H20ClN3O2. The fraction of sp³-hybridized carbons (Fsp3) is 0.833. The van der Waals surface area contributed by atoms with Gasteiger partial charge in [0.25, 0.3) is 0 Å². The molecule has 3 atom stereocenters. The molecule has 2 amide bonds. The maximum absolute atomic E-state index is 12.5. The summed E-state index contributed by atoms with van der Waals surface area (Å²) >= 11 is 0. The molecule has 2 N–H and O–H groups in total. The van der Waals surface area contributed by atoms with E-state index in [1.807, 2.05) is 0 Å². The van der Waals surface area contributed by atoms with Crippen LogP contribution in [0.15, 0.2) is 0 Å². The number of carbonyl (C=O) groups excluding carboxylic acids is 2. The Hall–Kier alpha value is -0.810. The highest BCUT2D eigenvalue weighted by Crippen LogP contribution is 2.30. The van der Waals surface area contributed by atoms with Crippen molar-refractivity contribution in [1.82, 2.24) is 15.5 Å². The number of nitrogens with one attached hydrogen (secondary N) is 2. The summed E-state index contributed by atoms with van der Waals surface area (Å²) in [4.78, 5) is 25.7. The SMILES string of the molecule is Cl.O=C1CC(C(=O)N2C3CCNCC2CC3)CN1. The monoisotopic (exact) mass is 273 g/mol. The summed E-state index contributed by atoms with van der Waals surface area (Å²) < 4.78 is 0. The van der Waals surface area contributed by atoms with E-state index in [9.17, 15) is 9.59 Å². The Morgan fingerprint density at radius 2 is 1.94 bits per heavy atom. The number of hydrogen-bond acceptors (Lipinski definition) is 3. The van der Waals surface area contributed by atoms with E-state index in [-0.39, 0.29) is 30.1 Å². The molecule has 3 unspecified atom stereocenters. The van der Waals surface area contributed by atoms with Crippen LogP contribution in [0.4, 0.5) is 0 Å². The van der Waals surface area contributed by atoms with Crippen molar-refractivity contribution < 1.29 is 9.59 Å². The van der Waals surface area contributed by atoms with Gasteiger partial charge in [0, 0.05) is 31.6 Å². The fourth-order valence-electron chi connectivity index (χ4n) is 3.33. The van der Waals surface area contributed by atoms with Gasteiger partial charge in [-0.1, -0.05) is 0 Å². The summed E-state index contributed by atoms with van der Waals surface area (Å²) in [5.41, 5.74) is 0. The molecule has 3 aliphatic rings. The molecule has 3 rings (SSSR count). The van der Waals surface area contributed by atoms with Gasteiger partial charge in [0.2, 0.25) is 11.8 Å². The van der Waals surface area contributed by atoms with Crippen LogP contribution in [-0.4, -0.2) is 48.4 Å². The number of amides is 2. The van der Waals surface area contributed by atoms with Gasteiger partial charge in [-0.15, -0.1) is 12.4 Å². The first-order valence-electron chi connectivity index (χ1n) is 6.55. The molecule has 0 aliphatic carbocycles. The molecule has 2 bridgehead atoms.